The van der Waals surface area contributed by atoms with Crippen molar-refractivity contribution in [2.75, 3.05) is 12.4 Å². The van der Waals surface area contributed by atoms with Crippen LogP contribution in [0.4, 0.5) is 5.69 Å². The van der Waals surface area contributed by atoms with Crippen molar-refractivity contribution in [1.29, 1.82) is 5.26 Å². The van der Waals surface area contributed by atoms with Crippen LogP contribution in [0, 0.1) is 11.3 Å². The molecule has 0 aliphatic carbocycles. The zero-order chi connectivity index (χ0) is 11.3. The van der Waals surface area contributed by atoms with Gasteiger partial charge in [0.25, 0.3) is 0 Å². The van der Waals surface area contributed by atoms with Crippen molar-refractivity contribution >= 4 is 23.3 Å². The van der Waals surface area contributed by atoms with Gasteiger partial charge in [0.1, 0.15) is 0 Å². The van der Waals surface area contributed by atoms with Gasteiger partial charge in [-0.15, -0.1) is 0 Å². The van der Waals surface area contributed by atoms with Crippen LogP contribution in [-0.4, -0.2) is 19.1 Å². The Morgan fingerprint density at radius 1 is 1.53 bits per heavy atom. The molecule has 1 atom stereocenters. The minimum Gasteiger partial charge on any atom is -0.467 e. The van der Waals surface area contributed by atoms with Gasteiger partial charge in [0, 0.05) is 10.7 Å². The van der Waals surface area contributed by atoms with E-state index in [0.717, 1.165) is 0 Å². The smallest absolute Gasteiger partial charge is 0.343 e. The van der Waals surface area contributed by atoms with E-state index in [2.05, 4.69) is 10.1 Å². The summed E-state index contributed by atoms with van der Waals surface area (Å²) in [7, 11) is 1.23. The number of rotatable bonds is 3. The molecule has 1 aromatic rings. The molecule has 0 amide bonds. The molecule has 0 saturated heterocycles. The van der Waals surface area contributed by atoms with Gasteiger partial charge in [-0.2, -0.15) is 5.26 Å². The molecule has 1 N–H and O–H groups in total. The SMILES string of the molecule is COC(=O)C(C#N)Nc1ccc(Cl)cc1. The lowest BCUT2D eigenvalue weighted by atomic mass is 10.2. The van der Waals surface area contributed by atoms with Gasteiger partial charge in [-0.25, -0.2) is 4.79 Å². The molecule has 0 heterocycles. The molecule has 0 aromatic heterocycles. The lowest BCUT2D eigenvalue weighted by molar-refractivity contribution is -0.140. The van der Waals surface area contributed by atoms with E-state index in [9.17, 15) is 4.79 Å². The molecule has 0 aliphatic rings. The van der Waals surface area contributed by atoms with Crippen LogP contribution < -0.4 is 5.32 Å². The van der Waals surface area contributed by atoms with Crippen molar-refractivity contribution in [2.24, 2.45) is 0 Å². The van der Waals surface area contributed by atoms with E-state index in [1.807, 2.05) is 0 Å². The molecule has 4 nitrogen and oxygen atoms in total. The predicted octanol–water partition coefficient (Wildman–Crippen LogP) is 1.82. The number of anilines is 1. The summed E-state index contributed by atoms with van der Waals surface area (Å²) in [5.41, 5.74) is 0.636. The van der Waals surface area contributed by atoms with Gasteiger partial charge in [0.2, 0.25) is 6.04 Å². The number of hydrogen-bond donors (Lipinski definition) is 1. The maximum atomic E-state index is 11.1. The summed E-state index contributed by atoms with van der Waals surface area (Å²) in [6.07, 6.45) is 0. The van der Waals surface area contributed by atoms with E-state index >= 15 is 0 Å². The summed E-state index contributed by atoms with van der Waals surface area (Å²) >= 11 is 5.69. The summed E-state index contributed by atoms with van der Waals surface area (Å²) in [4.78, 5) is 11.1. The molecule has 0 bridgehead atoms. The van der Waals surface area contributed by atoms with Crippen LogP contribution in [0.1, 0.15) is 0 Å². The number of carbonyl (C=O) groups excluding carboxylic acids is 1. The monoisotopic (exact) mass is 224 g/mol. The lowest BCUT2D eigenvalue weighted by Gasteiger charge is -2.10. The van der Waals surface area contributed by atoms with Gasteiger partial charge in [-0.1, -0.05) is 11.6 Å². The third-order valence-electron chi connectivity index (χ3n) is 1.72. The first-order valence-corrected chi connectivity index (χ1v) is 4.54. The fourth-order valence-corrected chi connectivity index (χ4v) is 1.10. The molecule has 0 aliphatic heterocycles. The van der Waals surface area contributed by atoms with Crippen LogP contribution in [0.2, 0.25) is 5.02 Å². The summed E-state index contributed by atoms with van der Waals surface area (Å²) in [6, 6.07) is 7.47. The van der Waals surface area contributed by atoms with Crippen molar-refractivity contribution < 1.29 is 9.53 Å². The van der Waals surface area contributed by atoms with Gasteiger partial charge in [-0.05, 0) is 24.3 Å². The molecule has 0 radical (unpaired) electrons. The molecular weight excluding hydrogens is 216 g/mol. The van der Waals surface area contributed by atoms with E-state index in [1.165, 1.54) is 7.11 Å². The van der Waals surface area contributed by atoms with E-state index in [0.29, 0.717) is 10.7 Å². The second-order valence-electron chi connectivity index (χ2n) is 2.74. The third-order valence-corrected chi connectivity index (χ3v) is 1.97. The maximum absolute atomic E-state index is 11.1. The normalized spacial score (nSPS) is 11.3. The fourth-order valence-electron chi connectivity index (χ4n) is 0.975. The Balaban J connectivity index is 2.72. The predicted molar refractivity (Wildman–Crippen MR) is 56.5 cm³/mol. The number of benzene rings is 1. The highest BCUT2D eigenvalue weighted by atomic mass is 35.5. The topological polar surface area (TPSA) is 62.1 Å². The molecular formula is C10H9ClN2O2. The summed E-state index contributed by atoms with van der Waals surface area (Å²) in [5.74, 6) is -0.618. The van der Waals surface area contributed by atoms with Crippen molar-refractivity contribution in [3.8, 4) is 6.07 Å². The zero-order valence-electron chi connectivity index (χ0n) is 8.03. The Morgan fingerprint density at radius 2 is 2.13 bits per heavy atom. The molecule has 1 rings (SSSR count). The Bertz CT molecular complexity index is 383. The van der Waals surface area contributed by atoms with Gasteiger partial charge < -0.3 is 10.1 Å². The minimum absolute atomic E-state index is 0.590. The largest absolute Gasteiger partial charge is 0.467 e. The zero-order valence-corrected chi connectivity index (χ0v) is 8.78. The average molecular weight is 225 g/mol. The number of nitrogens with zero attached hydrogens (tertiary/aromatic N) is 1. The van der Waals surface area contributed by atoms with Crippen LogP contribution in [0.25, 0.3) is 0 Å². The lowest BCUT2D eigenvalue weighted by Crippen LogP contribution is -2.28. The van der Waals surface area contributed by atoms with Gasteiger partial charge in [0.05, 0.1) is 13.2 Å². The van der Waals surface area contributed by atoms with Gasteiger partial charge >= 0.3 is 5.97 Å². The fraction of sp³-hybridized carbons (Fsp3) is 0.200. The van der Waals surface area contributed by atoms with Gasteiger partial charge in [0.15, 0.2) is 0 Å². The van der Waals surface area contributed by atoms with Crippen molar-refractivity contribution in [2.45, 2.75) is 6.04 Å². The molecule has 0 fully saturated rings. The summed E-state index contributed by atoms with van der Waals surface area (Å²) in [5, 5.41) is 12.0. The van der Waals surface area contributed by atoms with Crippen molar-refractivity contribution in [3.05, 3.63) is 29.3 Å². The van der Waals surface area contributed by atoms with Gasteiger partial charge in [-0.3, -0.25) is 0 Å². The van der Waals surface area contributed by atoms with E-state index in [-0.39, 0.29) is 0 Å². The first-order valence-electron chi connectivity index (χ1n) is 4.17. The Kier molecular flexibility index (Phi) is 3.95. The first kappa shape index (κ1) is 11.3. The highest BCUT2D eigenvalue weighted by Crippen LogP contribution is 2.14. The van der Waals surface area contributed by atoms with Crippen LogP contribution in [-0.2, 0) is 9.53 Å². The Morgan fingerprint density at radius 3 is 2.60 bits per heavy atom. The first-order chi connectivity index (χ1) is 7.17. The Hall–Kier alpha value is -1.73. The number of carbonyl (C=O) groups is 1. The van der Waals surface area contributed by atoms with Crippen LogP contribution in [0.5, 0.6) is 0 Å². The second-order valence-corrected chi connectivity index (χ2v) is 3.17. The van der Waals surface area contributed by atoms with Crippen LogP contribution in [0.15, 0.2) is 24.3 Å². The number of nitriles is 1. The molecule has 15 heavy (non-hydrogen) atoms. The molecule has 1 aromatic carbocycles. The molecule has 0 spiro atoms. The van der Waals surface area contributed by atoms with Crippen molar-refractivity contribution in [1.82, 2.24) is 0 Å². The van der Waals surface area contributed by atoms with E-state index in [1.54, 1.807) is 30.3 Å². The standard InChI is InChI=1S/C10H9ClN2O2/c1-15-10(14)9(6-12)13-8-4-2-7(11)3-5-8/h2-5,9,13H,1H3. The van der Waals surface area contributed by atoms with Crippen molar-refractivity contribution in [3.63, 3.8) is 0 Å². The molecule has 1 unspecified atom stereocenters. The van der Waals surface area contributed by atoms with Crippen LogP contribution in [0.3, 0.4) is 0 Å². The molecule has 5 heteroatoms. The maximum Gasteiger partial charge on any atom is 0.343 e. The highest BCUT2D eigenvalue weighted by molar-refractivity contribution is 6.30. The highest BCUT2D eigenvalue weighted by Gasteiger charge is 2.17. The number of methoxy groups -OCH3 is 1. The summed E-state index contributed by atoms with van der Waals surface area (Å²) < 4.78 is 4.45. The summed E-state index contributed by atoms with van der Waals surface area (Å²) in [6.45, 7) is 0. The third kappa shape index (κ3) is 3.15. The Labute approximate surface area is 92.4 Å². The van der Waals surface area contributed by atoms with Crippen LogP contribution >= 0.6 is 11.6 Å². The molecule has 78 valence electrons. The minimum atomic E-state index is -1.00. The second kappa shape index (κ2) is 5.23. The number of halogens is 1. The van der Waals surface area contributed by atoms with E-state index < -0.39 is 12.0 Å². The number of hydrogen-bond acceptors (Lipinski definition) is 4. The average Bonchev–Trinajstić information content (AvgIpc) is 2.27. The number of ether oxygens (including phenoxy) is 1. The van der Waals surface area contributed by atoms with E-state index in [4.69, 9.17) is 16.9 Å². The number of nitrogens with one attached hydrogen (secondary N) is 1. The number of esters is 1. The molecule has 0 saturated carbocycles. The quantitative estimate of drug-likeness (QED) is 0.796.